The molecule has 2 N–H and O–H groups in total. The molecule has 0 aliphatic rings. The number of carbonyl (C=O) groups is 1. The number of hydrogen-bond donors (Lipinski definition) is 2. The lowest BCUT2D eigenvalue weighted by Gasteiger charge is -2.14. The van der Waals surface area contributed by atoms with Gasteiger partial charge in [-0.05, 0) is 30.7 Å². The largest absolute Gasteiger partial charge is 0.497 e. The van der Waals surface area contributed by atoms with Crippen molar-refractivity contribution < 1.29 is 19.0 Å². The summed E-state index contributed by atoms with van der Waals surface area (Å²) in [6.07, 6.45) is 0. The van der Waals surface area contributed by atoms with E-state index in [0.717, 1.165) is 5.56 Å². The number of halogens is 1. The van der Waals surface area contributed by atoms with Crippen LogP contribution in [-0.4, -0.2) is 27.4 Å². The normalized spacial score (nSPS) is 10.0. The number of benzene rings is 2. The Bertz CT molecular complexity index is 750. The van der Waals surface area contributed by atoms with Gasteiger partial charge in [0, 0.05) is 17.2 Å². The monoisotopic (exact) mass is 350 g/mol. The molecule has 6 nitrogen and oxygen atoms in total. The average Bonchev–Trinajstić information content (AvgIpc) is 2.58. The third-order valence-electron chi connectivity index (χ3n) is 3.39. The van der Waals surface area contributed by atoms with Crippen LogP contribution in [0.2, 0.25) is 5.02 Å². The number of nitrogens with one attached hydrogen (secondary N) is 2. The SMILES string of the molecule is COc1ccc(NC(=O)Nc2cc(C)c(Cl)cc2OC)c(OC)c1. The molecule has 2 rings (SSSR count). The van der Waals surface area contributed by atoms with Gasteiger partial charge in [-0.2, -0.15) is 0 Å². The predicted molar refractivity (Wildman–Crippen MR) is 94.9 cm³/mol. The second-order valence-corrected chi connectivity index (χ2v) is 5.35. The van der Waals surface area contributed by atoms with Gasteiger partial charge >= 0.3 is 6.03 Å². The van der Waals surface area contributed by atoms with Crippen molar-refractivity contribution >= 4 is 29.0 Å². The van der Waals surface area contributed by atoms with Crippen molar-refractivity contribution in [2.24, 2.45) is 0 Å². The fourth-order valence-electron chi connectivity index (χ4n) is 2.11. The van der Waals surface area contributed by atoms with E-state index in [-0.39, 0.29) is 0 Å². The maximum Gasteiger partial charge on any atom is 0.323 e. The van der Waals surface area contributed by atoms with E-state index >= 15 is 0 Å². The molecule has 0 unspecified atom stereocenters. The quantitative estimate of drug-likeness (QED) is 0.842. The van der Waals surface area contributed by atoms with Gasteiger partial charge in [0.25, 0.3) is 0 Å². The number of ether oxygens (including phenoxy) is 3. The summed E-state index contributed by atoms with van der Waals surface area (Å²) in [7, 11) is 4.59. The number of carbonyl (C=O) groups excluding carboxylic acids is 1. The number of amides is 2. The maximum atomic E-state index is 12.3. The van der Waals surface area contributed by atoms with Crippen LogP contribution in [0.1, 0.15) is 5.56 Å². The van der Waals surface area contributed by atoms with Crippen LogP contribution in [0.4, 0.5) is 16.2 Å². The number of aryl methyl sites for hydroxylation is 1. The first kappa shape index (κ1) is 17.7. The van der Waals surface area contributed by atoms with Gasteiger partial charge in [0.05, 0.1) is 32.7 Å². The lowest BCUT2D eigenvalue weighted by molar-refractivity contribution is 0.262. The van der Waals surface area contributed by atoms with Crippen LogP contribution in [0.3, 0.4) is 0 Å². The Balaban J connectivity index is 2.18. The van der Waals surface area contributed by atoms with E-state index in [1.807, 2.05) is 6.92 Å². The minimum atomic E-state index is -0.432. The van der Waals surface area contributed by atoms with Gasteiger partial charge in [0.1, 0.15) is 17.2 Å². The van der Waals surface area contributed by atoms with Gasteiger partial charge in [0.15, 0.2) is 0 Å². The van der Waals surface area contributed by atoms with E-state index in [1.165, 1.54) is 14.2 Å². The molecular weight excluding hydrogens is 332 g/mol. The van der Waals surface area contributed by atoms with Crippen LogP contribution in [0, 0.1) is 6.92 Å². The van der Waals surface area contributed by atoms with E-state index in [0.29, 0.717) is 33.6 Å². The van der Waals surface area contributed by atoms with Crippen LogP contribution >= 0.6 is 11.6 Å². The van der Waals surface area contributed by atoms with Crippen LogP contribution < -0.4 is 24.8 Å². The lowest BCUT2D eigenvalue weighted by Crippen LogP contribution is -2.20. The summed E-state index contributed by atoms with van der Waals surface area (Å²) in [5, 5.41) is 6.03. The third kappa shape index (κ3) is 4.02. The number of anilines is 2. The van der Waals surface area contributed by atoms with E-state index in [1.54, 1.807) is 37.4 Å². The molecule has 0 radical (unpaired) electrons. The summed E-state index contributed by atoms with van der Waals surface area (Å²) >= 11 is 6.06. The molecule has 0 saturated carbocycles. The van der Waals surface area contributed by atoms with Crippen LogP contribution in [0.15, 0.2) is 30.3 Å². The molecule has 2 amide bonds. The highest BCUT2D eigenvalue weighted by atomic mass is 35.5. The first-order valence-corrected chi connectivity index (χ1v) is 7.50. The minimum absolute atomic E-state index is 0.432. The first-order chi connectivity index (χ1) is 11.5. The summed E-state index contributed by atoms with van der Waals surface area (Å²) in [5.41, 5.74) is 1.86. The van der Waals surface area contributed by atoms with Crippen molar-refractivity contribution in [3.05, 3.63) is 40.9 Å². The standard InChI is InChI=1S/C17H19ClN2O4/c1-10-7-14(16(24-4)9-12(10)18)20-17(21)19-13-6-5-11(22-2)8-15(13)23-3/h5-9H,1-4H3,(H2,19,20,21). The van der Waals surface area contributed by atoms with Crippen molar-refractivity contribution in [1.82, 2.24) is 0 Å². The molecule has 0 aromatic heterocycles. The zero-order valence-electron chi connectivity index (χ0n) is 13.9. The van der Waals surface area contributed by atoms with Crippen molar-refractivity contribution in [2.75, 3.05) is 32.0 Å². The highest BCUT2D eigenvalue weighted by molar-refractivity contribution is 6.31. The molecule has 2 aromatic carbocycles. The Hall–Kier alpha value is -2.60. The molecular formula is C17H19ClN2O4. The molecule has 0 fully saturated rings. The summed E-state index contributed by atoms with van der Waals surface area (Å²) in [4.78, 5) is 12.3. The van der Waals surface area contributed by atoms with Gasteiger partial charge in [0.2, 0.25) is 0 Å². The summed E-state index contributed by atoms with van der Waals surface area (Å²) in [5.74, 6) is 1.60. The van der Waals surface area contributed by atoms with Gasteiger partial charge in [-0.3, -0.25) is 0 Å². The smallest absolute Gasteiger partial charge is 0.323 e. The minimum Gasteiger partial charge on any atom is -0.497 e. The highest BCUT2D eigenvalue weighted by Crippen LogP contribution is 2.32. The predicted octanol–water partition coefficient (Wildman–Crippen LogP) is 4.32. The number of methoxy groups -OCH3 is 3. The van der Waals surface area contributed by atoms with Crippen molar-refractivity contribution in [1.29, 1.82) is 0 Å². The Morgan fingerprint density at radius 2 is 1.54 bits per heavy atom. The van der Waals surface area contributed by atoms with Crippen molar-refractivity contribution in [3.8, 4) is 17.2 Å². The summed E-state index contributed by atoms with van der Waals surface area (Å²) < 4.78 is 15.6. The van der Waals surface area contributed by atoms with E-state index in [9.17, 15) is 4.79 Å². The van der Waals surface area contributed by atoms with Crippen molar-refractivity contribution in [2.45, 2.75) is 6.92 Å². The lowest BCUT2D eigenvalue weighted by atomic mass is 10.2. The van der Waals surface area contributed by atoms with Crippen LogP contribution in [0.5, 0.6) is 17.2 Å². The fourth-order valence-corrected chi connectivity index (χ4v) is 2.26. The van der Waals surface area contributed by atoms with Crippen molar-refractivity contribution in [3.63, 3.8) is 0 Å². The van der Waals surface area contributed by atoms with E-state index in [2.05, 4.69) is 10.6 Å². The Kier molecular flexibility index (Phi) is 5.76. The molecule has 0 heterocycles. The molecule has 0 bridgehead atoms. The summed E-state index contributed by atoms with van der Waals surface area (Å²) in [6, 6.07) is 8.07. The zero-order valence-corrected chi connectivity index (χ0v) is 14.7. The van der Waals surface area contributed by atoms with Gasteiger partial charge in [-0.1, -0.05) is 11.6 Å². The number of rotatable bonds is 5. The molecule has 0 atom stereocenters. The molecule has 7 heteroatoms. The third-order valence-corrected chi connectivity index (χ3v) is 3.79. The van der Waals surface area contributed by atoms with Crippen LogP contribution in [0.25, 0.3) is 0 Å². The van der Waals surface area contributed by atoms with E-state index < -0.39 is 6.03 Å². The zero-order chi connectivity index (χ0) is 17.7. The Morgan fingerprint density at radius 1 is 0.917 bits per heavy atom. The average molecular weight is 351 g/mol. The molecule has 128 valence electrons. The second kappa shape index (κ2) is 7.79. The van der Waals surface area contributed by atoms with Crippen LogP contribution in [-0.2, 0) is 0 Å². The topological polar surface area (TPSA) is 68.8 Å². The molecule has 0 aliphatic carbocycles. The molecule has 0 spiro atoms. The number of hydrogen-bond acceptors (Lipinski definition) is 4. The van der Waals surface area contributed by atoms with E-state index in [4.69, 9.17) is 25.8 Å². The maximum absolute atomic E-state index is 12.3. The second-order valence-electron chi connectivity index (χ2n) is 4.95. The van der Waals surface area contributed by atoms with Gasteiger partial charge < -0.3 is 24.8 Å². The Labute approximate surface area is 145 Å². The molecule has 0 aliphatic heterocycles. The van der Waals surface area contributed by atoms with Gasteiger partial charge in [-0.25, -0.2) is 4.79 Å². The Morgan fingerprint density at radius 3 is 2.17 bits per heavy atom. The first-order valence-electron chi connectivity index (χ1n) is 7.12. The molecule has 0 saturated heterocycles. The number of urea groups is 1. The highest BCUT2D eigenvalue weighted by Gasteiger charge is 2.12. The summed E-state index contributed by atoms with van der Waals surface area (Å²) in [6.45, 7) is 1.84. The fraction of sp³-hybridized carbons (Fsp3) is 0.235. The molecule has 24 heavy (non-hydrogen) atoms. The molecule has 2 aromatic rings. The van der Waals surface area contributed by atoms with Gasteiger partial charge in [-0.15, -0.1) is 0 Å².